The smallest absolute Gasteiger partial charge is 0.387 e. The van der Waals surface area contributed by atoms with Crippen LogP contribution in [-0.4, -0.2) is 32.2 Å². The number of benzene rings is 2. The van der Waals surface area contributed by atoms with Crippen molar-refractivity contribution in [1.82, 2.24) is 5.32 Å². The second kappa shape index (κ2) is 8.79. The van der Waals surface area contributed by atoms with Gasteiger partial charge in [0.15, 0.2) is 0 Å². The standard InChI is InChI=1S/C20H21F3N2O2/c21-16-5-8-18-15(12-16)2-1-11-25(18)13-19(26)24-10-9-14-3-6-17(7-4-14)27-20(22)23/h3-8,12,20H,1-2,9-11,13H2,(H,24,26). The summed E-state index contributed by atoms with van der Waals surface area (Å²) >= 11 is 0. The number of nitrogens with zero attached hydrogens (tertiary/aromatic N) is 1. The second-order valence-corrected chi connectivity index (χ2v) is 6.42. The molecule has 1 heterocycles. The number of hydrogen-bond donors (Lipinski definition) is 1. The van der Waals surface area contributed by atoms with Crippen molar-refractivity contribution in [3.63, 3.8) is 0 Å². The summed E-state index contributed by atoms with van der Waals surface area (Å²) in [6, 6.07) is 11.0. The summed E-state index contributed by atoms with van der Waals surface area (Å²) in [5.74, 6) is -0.257. The Labute approximate surface area is 155 Å². The fourth-order valence-electron chi connectivity index (χ4n) is 3.22. The van der Waals surface area contributed by atoms with Gasteiger partial charge in [-0.2, -0.15) is 8.78 Å². The fourth-order valence-corrected chi connectivity index (χ4v) is 3.22. The maximum absolute atomic E-state index is 13.4. The Kier molecular flexibility index (Phi) is 6.21. The van der Waals surface area contributed by atoms with Gasteiger partial charge in [-0.3, -0.25) is 4.79 Å². The van der Waals surface area contributed by atoms with E-state index >= 15 is 0 Å². The average molecular weight is 378 g/mol. The molecule has 0 aliphatic carbocycles. The summed E-state index contributed by atoms with van der Waals surface area (Å²) in [7, 11) is 0. The van der Waals surface area contributed by atoms with Gasteiger partial charge in [-0.05, 0) is 60.7 Å². The number of nitrogens with one attached hydrogen (secondary N) is 1. The molecule has 0 fully saturated rings. The first kappa shape index (κ1) is 19.1. The Hall–Kier alpha value is -2.70. The van der Waals surface area contributed by atoms with Crippen LogP contribution in [0.25, 0.3) is 0 Å². The molecule has 0 spiro atoms. The van der Waals surface area contributed by atoms with Crippen molar-refractivity contribution in [3.8, 4) is 5.75 Å². The van der Waals surface area contributed by atoms with Crippen molar-refractivity contribution < 1.29 is 22.7 Å². The summed E-state index contributed by atoms with van der Waals surface area (Å²) in [5, 5.41) is 2.86. The van der Waals surface area contributed by atoms with Gasteiger partial charge in [-0.1, -0.05) is 12.1 Å². The summed E-state index contributed by atoms with van der Waals surface area (Å²) in [6.07, 6.45) is 2.29. The lowest BCUT2D eigenvalue weighted by molar-refractivity contribution is -0.119. The third-order valence-electron chi connectivity index (χ3n) is 4.48. The third-order valence-corrected chi connectivity index (χ3v) is 4.48. The average Bonchev–Trinajstić information content (AvgIpc) is 2.62. The molecule has 1 N–H and O–H groups in total. The molecule has 2 aromatic carbocycles. The molecule has 1 amide bonds. The lowest BCUT2D eigenvalue weighted by Gasteiger charge is -2.30. The normalized spacial score (nSPS) is 13.4. The van der Waals surface area contributed by atoms with E-state index in [2.05, 4.69) is 10.1 Å². The number of carbonyl (C=O) groups excluding carboxylic acids is 1. The molecule has 0 radical (unpaired) electrons. The van der Waals surface area contributed by atoms with E-state index < -0.39 is 6.61 Å². The van der Waals surface area contributed by atoms with Gasteiger partial charge >= 0.3 is 6.61 Å². The van der Waals surface area contributed by atoms with E-state index in [1.807, 2.05) is 4.90 Å². The molecule has 0 aromatic heterocycles. The van der Waals surface area contributed by atoms with E-state index in [-0.39, 0.29) is 24.0 Å². The van der Waals surface area contributed by atoms with Gasteiger partial charge in [0.05, 0.1) is 6.54 Å². The summed E-state index contributed by atoms with van der Waals surface area (Å²) in [5.41, 5.74) is 2.75. The highest BCUT2D eigenvalue weighted by molar-refractivity contribution is 5.81. The molecule has 27 heavy (non-hydrogen) atoms. The van der Waals surface area contributed by atoms with Gasteiger partial charge in [0.2, 0.25) is 5.91 Å². The predicted octanol–water partition coefficient (Wildman–Crippen LogP) is 3.54. The third kappa shape index (κ3) is 5.39. The largest absolute Gasteiger partial charge is 0.435 e. The molecule has 0 saturated heterocycles. The Balaban J connectivity index is 1.47. The first-order valence-corrected chi connectivity index (χ1v) is 8.85. The van der Waals surface area contributed by atoms with Crippen molar-refractivity contribution in [2.45, 2.75) is 25.9 Å². The first-order valence-electron chi connectivity index (χ1n) is 8.85. The number of amides is 1. The number of aryl methyl sites for hydroxylation is 1. The lowest BCUT2D eigenvalue weighted by Crippen LogP contribution is -2.40. The van der Waals surface area contributed by atoms with Gasteiger partial charge < -0.3 is 15.0 Å². The quantitative estimate of drug-likeness (QED) is 0.801. The molecule has 1 aliphatic heterocycles. The van der Waals surface area contributed by atoms with Crippen molar-refractivity contribution in [2.75, 3.05) is 24.5 Å². The van der Waals surface area contributed by atoms with E-state index in [0.717, 1.165) is 36.2 Å². The summed E-state index contributed by atoms with van der Waals surface area (Å²) in [6.45, 7) is -1.42. The maximum Gasteiger partial charge on any atom is 0.387 e. The van der Waals surface area contributed by atoms with Crippen LogP contribution >= 0.6 is 0 Å². The zero-order valence-corrected chi connectivity index (χ0v) is 14.8. The van der Waals surface area contributed by atoms with Gasteiger partial charge in [0.25, 0.3) is 0 Å². The Morgan fingerprint density at radius 1 is 1.19 bits per heavy atom. The first-order chi connectivity index (χ1) is 13.0. The number of fused-ring (bicyclic) bond motifs is 1. The topological polar surface area (TPSA) is 41.6 Å². The van der Waals surface area contributed by atoms with Crippen LogP contribution in [0.1, 0.15) is 17.5 Å². The van der Waals surface area contributed by atoms with Gasteiger partial charge in [-0.25, -0.2) is 4.39 Å². The molecular weight excluding hydrogens is 357 g/mol. The van der Waals surface area contributed by atoms with E-state index in [4.69, 9.17) is 0 Å². The molecule has 144 valence electrons. The minimum atomic E-state index is -2.84. The van der Waals surface area contributed by atoms with Crippen LogP contribution in [0.4, 0.5) is 18.9 Å². The van der Waals surface area contributed by atoms with Crippen molar-refractivity contribution in [2.24, 2.45) is 0 Å². The highest BCUT2D eigenvalue weighted by atomic mass is 19.3. The summed E-state index contributed by atoms with van der Waals surface area (Å²) in [4.78, 5) is 14.2. The van der Waals surface area contributed by atoms with Crippen molar-refractivity contribution in [3.05, 3.63) is 59.4 Å². The van der Waals surface area contributed by atoms with Crippen molar-refractivity contribution >= 4 is 11.6 Å². The molecule has 1 aliphatic rings. The number of ether oxygens (including phenoxy) is 1. The van der Waals surface area contributed by atoms with Crippen LogP contribution in [0.15, 0.2) is 42.5 Å². The maximum atomic E-state index is 13.4. The van der Waals surface area contributed by atoms with E-state index in [1.165, 1.54) is 24.3 Å². The Morgan fingerprint density at radius 2 is 1.96 bits per heavy atom. The molecule has 0 atom stereocenters. The monoisotopic (exact) mass is 378 g/mol. The highest BCUT2D eigenvalue weighted by Crippen LogP contribution is 2.27. The van der Waals surface area contributed by atoms with Gasteiger partial charge in [-0.15, -0.1) is 0 Å². The molecule has 2 aromatic rings. The minimum absolute atomic E-state index is 0.107. The number of carbonyl (C=O) groups is 1. The molecular formula is C20H21F3N2O2. The van der Waals surface area contributed by atoms with Crippen LogP contribution in [0.2, 0.25) is 0 Å². The SMILES string of the molecule is O=C(CN1CCCc2cc(F)ccc21)NCCc1ccc(OC(F)F)cc1. The molecule has 4 nitrogen and oxygen atoms in total. The van der Waals surface area contributed by atoms with Crippen LogP contribution in [0.5, 0.6) is 5.75 Å². The number of hydrogen-bond acceptors (Lipinski definition) is 3. The molecule has 3 rings (SSSR count). The molecule has 0 saturated carbocycles. The van der Waals surface area contributed by atoms with E-state index in [1.54, 1.807) is 18.2 Å². The summed E-state index contributed by atoms with van der Waals surface area (Å²) < 4.78 is 41.9. The Morgan fingerprint density at radius 3 is 2.70 bits per heavy atom. The Bertz CT molecular complexity index is 781. The van der Waals surface area contributed by atoms with Gasteiger partial charge in [0, 0.05) is 18.8 Å². The van der Waals surface area contributed by atoms with Crippen molar-refractivity contribution in [1.29, 1.82) is 0 Å². The van der Waals surface area contributed by atoms with Crippen LogP contribution in [-0.2, 0) is 17.6 Å². The fraction of sp³-hybridized carbons (Fsp3) is 0.350. The number of rotatable bonds is 7. The number of halogens is 3. The predicted molar refractivity (Wildman–Crippen MR) is 96.7 cm³/mol. The molecule has 0 unspecified atom stereocenters. The zero-order valence-electron chi connectivity index (χ0n) is 14.8. The second-order valence-electron chi connectivity index (χ2n) is 6.42. The minimum Gasteiger partial charge on any atom is -0.435 e. The van der Waals surface area contributed by atoms with Crippen LogP contribution in [0, 0.1) is 5.82 Å². The molecule has 7 heteroatoms. The number of anilines is 1. The highest BCUT2D eigenvalue weighted by Gasteiger charge is 2.19. The van der Waals surface area contributed by atoms with Crippen LogP contribution < -0.4 is 15.0 Å². The van der Waals surface area contributed by atoms with E-state index in [0.29, 0.717) is 13.0 Å². The molecule has 0 bridgehead atoms. The van der Waals surface area contributed by atoms with Crippen LogP contribution in [0.3, 0.4) is 0 Å². The van der Waals surface area contributed by atoms with Gasteiger partial charge in [0.1, 0.15) is 11.6 Å². The number of alkyl halides is 2. The van der Waals surface area contributed by atoms with E-state index in [9.17, 15) is 18.0 Å². The lowest BCUT2D eigenvalue weighted by atomic mass is 10.0. The zero-order chi connectivity index (χ0) is 19.2.